The number of allylic oxidation sites excluding steroid dienone is 4. The number of ether oxygens (including phenoxy) is 1. The summed E-state index contributed by atoms with van der Waals surface area (Å²) in [6.45, 7) is 4.13. The number of rotatable bonds is 8. The fourth-order valence-electron chi connectivity index (χ4n) is 2.42. The minimum Gasteiger partial charge on any atom is -0.464 e. The molecule has 2 aromatic heterocycles. The lowest BCUT2D eigenvalue weighted by atomic mass is 10.1. The van der Waals surface area contributed by atoms with Crippen LogP contribution in [-0.4, -0.2) is 34.4 Å². The van der Waals surface area contributed by atoms with Crippen LogP contribution in [0.1, 0.15) is 43.6 Å². The summed E-state index contributed by atoms with van der Waals surface area (Å²) in [5.41, 5.74) is 2.80. The summed E-state index contributed by atoms with van der Waals surface area (Å²) >= 11 is 3.55. The third kappa shape index (κ3) is 5.44. The quantitative estimate of drug-likeness (QED) is 0.331. The number of H-pyrrole nitrogens is 1. The molecule has 0 spiro atoms. The first-order valence-electron chi connectivity index (χ1n) is 8.48. The largest absolute Gasteiger partial charge is 0.464 e. The van der Waals surface area contributed by atoms with Gasteiger partial charge in [0, 0.05) is 9.87 Å². The molecule has 1 unspecified atom stereocenters. The number of aliphatic hydroxyl groups excluding tert-OH is 1. The van der Waals surface area contributed by atoms with Crippen LogP contribution in [0.15, 0.2) is 40.5 Å². The number of nitrogens with zero attached hydrogens (tertiary/aromatic N) is 1. The van der Waals surface area contributed by atoms with Crippen LogP contribution in [0.3, 0.4) is 0 Å². The van der Waals surface area contributed by atoms with E-state index in [0.29, 0.717) is 23.4 Å². The van der Waals surface area contributed by atoms with Crippen LogP contribution in [0, 0.1) is 0 Å². The van der Waals surface area contributed by atoms with Crippen LogP contribution in [0.5, 0.6) is 0 Å². The molecular weight excluding hydrogens is 398 g/mol. The number of carbonyl (C=O) groups excluding carboxylic acids is 1. The number of methoxy groups -OCH3 is 1. The van der Waals surface area contributed by atoms with E-state index in [1.807, 2.05) is 19.1 Å². The van der Waals surface area contributed by atoms with Crippen LogP contribution >= 0.6 is 15.9 Å². The lowest BCUT2D eigenvalue weighted by Gasteiger charge is -2.14. The second kappa shape index (κ2) is 9.54. The Bertz CT molecular complexity index is 827. The number of pyridine rings is 1. The number of anilines is 1. The van der Waals surface area contributed by atoms with Crippen LogP contribution in [0.4, 0.5) is 5.69 Å². The Morgan fingerprint density at radius 1 is 1.50 bits per heavy atom. The lowest BCUT2D eigenvalue weighted by molar-refractivity contribution is 0.0595. The van der Waals surface area contributed by atoms with E-state index in [9.17, 15) is 9.90 Å². The van der Waals surface area contributed by atoms with Gasteiger partial charge >= 0.3 is 5.97 Å². The van der Waals surface area contributed by atoms with Crippen molar-refractivity contribution in [2.45, 2.75) is 39.3 Å². The fraction of sp³-hybridized carbons (Fsp3) is 0.368. The molecule has 0 radical (unpaired) electrons. The van der Waals surface area contributed by atoms with Crippen molar-refractivity contribution >= 4 is 38.6 Å². The minimum absolute atomic E-state index is 0.346. The normalized spacial score (nSPS) is 13.7. The Morgan fingerprint density at radius 2 is 2.27 bits per heavy atom. The van der Waals surface area contributed by atoms with E-state index in [1.54, 1.807) is 12.3 Å². The third-order valence-electron chi connectivity index (χ3n) is 3.91. The Balaban J connectivity index is 1.99. The zero-order chi connectivity index (χ0) is 19.1. The highest BCUT2D eigenvalue weighted by Crippen LogP contribution is 2.21. The fourth-order valence-corrected chi connectivity index (χ4v) is 2.80. The highest BCUT2D eigenvalue weighted by atomic mass is 79.9. The number of aromatic amines is 1. The molecule has 6 nitrogen and oxygen atoms in total. The smallest absolute Gasteiger partial charge is 0.354 e. The van der Waals surface area contributed by atoms with E-state index < -0.39 is 12.2 Å². The van der Waals surface area contributed by atoms with Gasteiger partial charge in [0.2, 0.25) is 0 Å². The first-order chi connectivity index (χ1) is 12.4. The molecule has 2 aromatic rings. The van der Waals surface area contributed by atoms with E-state index in [2.05, 4.69) is 44.2 Å². The van der Waals surface area contributed by atoms with Crippen LogP contribution in [0.2, 0.25) is 0 Å². The maximum Gasteiger partial charge on any atom is 0.354 e. The molecule has 1 atom stereocenters. The van der Waals surface area contributed by atoms with Gasteiger partial charge < -0.3 is 20.1 Å². The van der Waals surface area contributed by atoms with Crippen molar-refractivity contribution in [1.29, 1.82) is 0 Å². The number of nitrogens with one attached hydrogen (secondary N) is 2. The predicted molar refractivity (Wildman–Crippen MR) is 107 cm³/mol. The topological polar surface area (TPSA) is 87.2 Å². The van der Waals surface area contributed by atoms with E-state index in [-0.39, 0.29) is 0 Å². The molecular formula is C19H24BrN3O3. The SMILES string of the molecule is CCC=CC(Br)=C(C)CCC(O)Nc1cnc2[nH]c(C(=O)OC)cc2c1. The summed E-state index contributed by atoms with van der Waals surface area (Å²) in [6, 6.07) is 3.51. The summed E-state index contributed by atoms with van der Waals surface area (Å²) in [7, 11) is 1.33. The van der Waals surface area contributed by atoms with Crippen molar-refractivity contribution in [1.82, 2.24) is 9.97 Å². The first kappa shape index (κ1) is 20.2. The molecule has 0 aliphatic carbocycles. The Hall–Kier alpha value is -2.12. The van der Waals surface area contributed by atoms with Crippen molar-refractivity contribution in [2.75, 3.05) is 12.4 Å². The minimum atomic E-state index is -0.696. The van der Waals surface area contributed by atoms with Gasteiger partial charge in [0.25, 0.3) is 0 Å². The lowest BCUT2D eigenvalue weighted by Crippen LogP contribution is -2.18. The van der Waals surface area contributed by atoms with Gasteiger partial charge in [-0.15, -0.1) is 0 Å². The number of fused-ring (bicyclic) bond motifs is 1. The van der Waals surface area contributed by atoms with Gasteiger partial charge in [-0.3, -0.25) is 0 Å². The van der Waals surface area contributed by atoms with Gasteiger partial charge in [-0.05, 0) is 38.3 Å². The maximum absolute atomic E-state index is 11.6. The molecule has 140 valence electrons. The van der Waals surface area contributed by atoms with Gasteiger partial charge in [-0.2, -0.15) is 0 Å². The van der Waals surface area contributed by atoms with E-state index >= 15 is 0 Å². The molecule has 0 saturated carbocycles. The second-order valence-corrected chi connectivity index (χ2v) is 6.83. The first-order valence-corrected chi connectivity index (χ1v) is 9.27. The molecule has 26 heavy (non-hydrogen) atoms. The Labute approximate surface area is 161 Å². The number of carbonyl (C=O) groups is 1. The van der Waals surface area contributed by atoms with Crippen LogP contribution in [-0.2, 0) is 4.74 Å². The number of halogens is 1. The summed E-state index contributed by atoms with van der Waals surface area (Å²) in [5, 5.41) is 14.0. The zero-order valence-electron chi connectivity index (χ0n) is 15.2. The standard InChI is InChI=1S/C19H24BrN3O3/c1-4-5-6-15(20)12(2)7-8-17(24)22-14-9-13-10-16(19(25)26-3)23-18(13)21-11-14/h5-6,9-11,17,22,24H,4,7-8H2,1-3H3,(H,21,23). The molecule has 0 aliphatic rings. The molecule has 0 aliphatic heterocycles. The Morgan fingerprint density at radius 3 is 2.96 bits per heavy atom. The molecule has 2 rings (SSSR count). The van der Waals surface area contributed by atoms with Crippen molar-refractivity contribution in [2.24, 2.45) is 0 Å². The number of hydrogen-bond acceptors (Lipinski definition) is 5. The molecule has 0 amide bonds. The number of esters is 1. The summed E-state index contributed by atoms with van der Waals surface area (Å²) in [5.74, 6) is -0.442. The summed E-state index contributed by atoms with van der Waals surface area (Å²) in [4.78, 5) is 18.7. The van der Waals surface area contributed by atoms with Gasteiger partial charge in [0.05, 0.1) is 19.0 Å². The van der Waals surface area contributed by atoms with E-state index in [4.69, 9.17) is 4.74 Å². The van der Waals surface area contributed by atoms with Gasteiger partial charge in [0.1, 0.15) is 17.6 Å². The monoisotopic (exact) mass is 421 g/mol. The summed E-state index contributed by atoms with van der Waals surface area (Å²) < 4.78 is 5.75. The number of aromatic nitrogens is 2. The highest BCUT2D eigenvalue weighted by molar-refractivity contribution is 9.11. The van der Waals surface area contributed by atoms with Gasteiger partial charge in [-0.25, -0.2) is 9.78 Å². The molecule has 0 aromatic carbocycles. The van der Waals surface area contributed by atoms with Gasteiger partial charge in [0.15, 0.2) is 0 Å². The molecule has 2 heterocycles. The van der Waals surface area contributed by atoms with E-state index in [0.717, 1.165) is 22.7 Å². The molecule has 3 N–H and O–H groups in total. The van der Waals surface area contributed by atoms with Crippen LogP contribution < -0.4 is 5.32 Å². The van der Waals surface area contributed by atoms with Crippen molar-refractivity contribution in [3.63, 3.8) is 0 Å². The predicted octanol–water partition coefficient (Wildman–Crippen LogP) is 4.50. The molecule has 0 fully saturated rings. The second-order valence-electron chi connectivity index (χ2n) is 5.97. The number of hydrogen-bond donors (Lipinski definition) is 3. The molecule has 7 heteroatoms. The zero-order valence-corrected chi connectivity index (χ0v) is 16.8. The van der Waals surface area contributed by atoms with Gasteiger partial charge in [-0.1, -0.05) is 40.6 Å². The molecule has 0 saturated heterocycles. The average molecular weight is 422 g/mol. The highest BCUT2D eigenvalue weighted by Gasteiger charge is 2.11. The third-order valence-corrected chi connectivity index (χ3v) is 4.85. The summed E-state index contributed by atoms with van der Waals surface area (Å²) in [6.07, 6.45) is 7.36. The molecule has 0 bridgehead atoms. The Kier molecular flexibility index (Phi) is 7.41. The number of aliphatic hydroxyl groups is 1. The van der Waals surface area contributed by atoms with Crippen molar-refractivity contribution in [3.8, 4) is 0 Å². The van der Waals surface area contributed by atoms with Crippen LogP contribution in [0.25, 0.3) is 11.0 Å². The van der Waals surface area contributed by atoms with Crippen molar-refractivity contribution in [3.05, 3.63) is 46.2 Å². The maximum atomic E-state index is 11.6. The van der Waals surface area contributed by atoms with Crippen molar-refractivity contribution < 1.29 is 14.6 Å². The average Bonchev–Trinajstić information content (AvgIpc) is 3.06. The van der Waals surface area contributed by atoms with E-state index in [1.165, 1.54) is 12.7 Å².